The Labute approximate surface area is 220 Å². The van der Waals surface area contributed by atoms with Gasteiger partial charge in [-0.15, -0.1) is 10.2 Å². The first-order valence-corrected chi connectivity index (χ1v) is 13.1. The molecule has 0 unspecified atom stereocenters. The number of ketones is 1. The molecule has 4 aromatic rings. The molecule has 8 heteroatoms. The van der Waals surface area contributed by atoms with Crippen molar-refractivity contribution in [3.8, 4) is 16.8 Å². The van der Waals surface area contributed by atoms with Crippen molar-refractivity contribution in [1.29, 1.82) is 0 Å². The van der Waals surface area contributed by atoms with E-state index in [1.165, 1.54) is 18.7 Å². The Balaban J connectivity index is 1.50. The maximum absolute atomic E-state index is 13.0. The maximum Gasteiger partial charge on any atom is 0.216 e. The Morgan fingerprint density at radius 1 is 0.972 bits per heavy atom. The lowest BCUT2D eigenvalue weighted by molar-refractivity contribution is -0.118. The summed E-state index contributed by atoms with van der Waals surface area (Å²) in [5.74, 6) is 0.938. The summed E-state index contributed by atoms with van der Waals surface area (Å²) < 4.78 is 1.94. The number of hydrogen-bond acceptors (Lipinski definition) is 5. The standard InChI is InChI=1S/C28H27ClN4O2S/c1-19-10-15-24(17-25(19)29)33-27(9-6-16-30-20(2)34)31-32-28(33)36-18-26(35)23-13-11-22(12-14-23)21-7-4-3-5-8-21/h3-5,7-8,10-15,17H,6,9,16,18H2,1-2H3,(H,30,34). The van der Waals surface area contributed by atoms with Gasteiger partial charge in [0.2, 0.25) is 5.91 Å². The number of carbonyl (C=O) groups is 2. The Morgan fingerprint density at radius 3 is 2.39 bits per heavy atom. The van der Waals surface area contributed by atoms with E-state index in [0.29, 0.717) is 35.1 Å². The first-order chi connectivity index (χ1) is 17.4. The molecule has 184 valence electrons. The lowest BCUT2D eigenvalue weighted by atomic mass is 10.0. The highest BCUT2D eigenvalue weighted by atomic mass is 35.5. The van der Waals surface area contributed by atoms with Crippen LogP contribution in [0.25, 0.3) is 16.8 Å². The summed E-state index contributed by atoms with van der Waals surface area (Å²) in [5, 5.41) is 12.8. The third-order valence-electron chi connectivity index (χ3n) is 5.71. The van der Waals surface area contributed by atoms with E-state index < -0.39 is 0 Å². The molecular weight excluding hydrogens is 492 g/mol. The second-order valence-electron chi connectivity index (χ2n) is 8.41. The van der Waals surface area contributed by atoms with Crippen molar-refractivity contribution in [2.45, 2.75) is 31.8 Å². The third-order valence-corrected chi connectivity index (χ3v) is 7.05. The van der Waals surface area contributed by atoms with Crippen molar-refractivity contribution in [3.05, 3.63) is 94.8 Å². The van der Waals surface area contributed by atoms with E-state index in [-0.39, 0.29) is 17.4 Å². The molecule has 1 heterocycles. The highest BCUT2D eigenvalue weighted by molar-refractivity contribution is 7.99. The molecule has 0 saturated carbocycles. The number of aromatic nitrogens is 3. The average Bonchev–Trinajstić information content (AvgIpc) is 3.30. The molecule has 4 rings (SSSR count). The number of Topliss-reactive ketones (excluding diaryl/α,β-unsaturated/α-hetero) is 1. The number of rotatable bonds is 10. The van der Waals surface area contributed by atoms with Gasteiger partial charge in [0.25, 0.3) is 0 Å². The van der Waals surface area contributed by atoms with E-state index >= 15 is 0 Å². The Bertz CT molecular complexity index is 1350. The highest BCUT2D eigenvalue weighted by Gasteiger charge is 2.17. The van der Waals surface area contributed by atoms with Crippen LogP contribution in [0.15, 0.2) is 78.0 Å². The predicted molar refractivity (Wildman–Crippen MR) is 145 cm³/mol. The zero-order valence-corrected chi connectivity index (χ0v) is 21.8. The van der Waals surface area contributed by atoms with Gasteiger partial charge in [0.1, 0.15) is 5.82 Å². The summed E-state index contributed by atoms with van der Waals surface area (Å²) >= 11 is 7.75. The molecule has 6 nitrogen and oxygen atoms in total. The summed E-state index contributed by atoms with van der Waals surface area (Å²) in [5.41, 5.74) is 4.65. The summed E-state index contributed by atoms with van der Waals surface area (Å²) in [6.07, 6.45) is 1.34. The molecule has 0 aliphatic carbocycles. The van der Waals surface area contributed by atoms with Gasteiger partial charge < -0.3 is 5.32 Å². The fraction of sp³-hybridized carbons (Fsp3) is 0.214. The van der Waals surface area contributed by atoms with Crippen LogP contribution in [-0.2, 0) is 11.2 Å². The molecule has 0 atom stereocenters. The topological polar surface area (TPSA) is 76.9 Å². The number of nitrogens with one attached hydrogen (secondary N) is 1. The van der Waals surface area contributed by atoms with Crippen molar-refractivity contribution in [3.63, 3.8) is 0 Å². The van der Waals surface area contributed by atoms with Gasteiger partial charge in [-0.05, 0) is 42.2 Å². The third kappa shape index (κ3) is 6.42. The minimum atomic E-state index is -0.0617. The molecule has 0 aliphatic rings. The van der Waals surface area contributed by atoms with Gasteiger partial charge in [0.15, 0.2) is 10.9 Å². The summed E-state index contributed by atoms with van der Waals surface area (Å²) in [7, 11) is 0. The van der Waals surface area contributed by atoms with Crippen molar-refractivity contribution in [2.75, 3.05) is 12.3 Å². The van der Waals surface area contributed by atoms with Crippen LogP contribution in [0.4, 0.5) is 0 Å². The molecule has 0 bridgehead atoms. The number of halogens is 1. The smallest absolute Gasteiger partial charge is 0.216 e. The molecule has 3 aromatic carbocycles. The lowest BCUT2D eigenvalue weighted by Crippen LogP contribution is -2.21. The molecule has 1 aromatic heterocycles. The molecule has 0 aliphatic heterocycles. The molecule has 0 radical (unpaired) electrons. The van der Waals surface area contributed by atoms with E-state index in [1.54, 1.807) is 0 Å². The van der Waals surface area contributed by atoms with Gasteiger partial charge in [0, 0.05) is 30.5 Å². The van der Waals surface area contributed by atoms with Crippen LogP contribution >= 0.6 is 23.4 Å². The number of thioether (sulfide) groups is 1. The zero-order valence-electron chi connectivity index (χ0n) is 20.2. The van der Waals surface area contributed by atoms with Gasteiger partial charge in [-0.25, -0.2) is 0 Å². The minimum absolute atomic E-state index is 0.0170. The van der Waals surface area contributed by atoms with Crippen LogP contribution in [0.2, 0.25) is 5.02 Å². The highest BCUT2D eigenvalue weighted by Crippen LogP contribution is 2.27. The number of nitrogens with zero attached hydrogens (tertiary/aromatic N) is 3. The van der Waals surface area contributed by atoms with Crippen LogP contribution in [0, 0.1) is 6.92 Å². The SMILES string of the molecule is CC(=O)NCCCc1nnc(SCC(=O)c2ccc(-c3ccccc3)cc2)n1-c1ccc(C)c(Cl)c1. The number of benzene rings is 3. The van der Waals surface area contributed by atoms with Crippen molar-refractivity contribution in [1.82, 2.24) is 20.1 Å². The molecule has 1 N–H and O–H groups in total. The molecule has 0 spiro atoms. The monoisotopic (exact) mass is 518 g/mol. The second-order valence-corrected chi connectivity index (χ2v) is 9.76. The summed E-state index contributed by atoms with van der Waals surface area (Å²) in [6.45, 7) is 4.00. The molecule has 0 fully saturated rings. The largest absolute Gasteiger partial charge is 0.356 e. The Kier molecular flexibility index (Phi) is 8.57. The Hall–Kier alpha value is -3.42. The van der Waals surface area contributed by atoms with Crippen LogP contribution in [0.1, 0.15) is 35.1 Å². The zero-order chi connectivity index (χ0) is 25.5. The van der Waals surface area contributed by atoms with Crippen molar-refractivity contribution >= 4 is 35.1 Å². The first kappa shape index (κ1) is 25.7. The number of aryl methyl sites for hydroxylation is 2. The fourth-order valence-electron chi connectivity index (χ4n) is 3.74. The predicted octanol–water partition coefficient (Wildman–Crippen LogP) is 5.94. The number of carbonyl (C=O) groups excluding carboxylic acids is 2. The van der Waals surface area contributed by atoms with Gasteiger partial charge >= 0.3 is 0 Å². The van der Waals surface area contributed by atoms with E-state index in [2.05, 4.69) is 15.5 Å². The normalized spacial score (nSPS) is 10.9. The number of amides is 1. The van der Waals surface area contributed by atoms with E-state index in [9.17, 15) is 9.59 Å². The van der Waals surface area contributed by atoms with Crippen LogP contribution in [-0.4, -0.2) is 38.8 Å². The molecular formula is C28H27ClN4O2S. The Morgan fingerprint density at radius 2 is 1.69 bits per heavy atom. The van der Waals surface area contributed by atoms with Crippen LogP contribution < -0.4 is 5.32 Å². The first-order valence-electron chi connectivity index (χ1n) is 11.7. The molecule has 0 saturated heterocycles. The van der Waals surface area contributed by atoms with Gasteiger partial charge in [0.05, 0.1) is 11.4 Å². The minimum Gasteiger partial charge on any atom is -0.356 e. The van der Waals surface area contributed by atoms with E-state index in [4.69, 9.17) is 11.6 Å². The number of hydrogen-bond donors (Lipinski definition) is 1. The van der Waals surface area contributed by atoms with Crippen LogP contribution in [0.5, 0.6) is 0 Å². The average molecular weight is 519 g/mol. The van der Waals surface area contributed by atoms with E-state index in [0.717, 1.165) is 28.2 Å². The quantitative estimate of drug-likeness (QED) is 0.160. The van der Waals surface area contributed by atoms with Crippen molar-refractivity contribution in [2.24, 2.45) is 0 Å². The summed E-state index contributed by atoms with van der Waals surface area (Å²) in [6, 6.07) is 23.5. The lowest BCUT2D eigenvalue weighted by Gasteiger charge is -2.12. The van der Waals surface area contributed by atoms with Gasteiger partial charge in [-0.2, -0.15) is 0 Å². The molecule has 1 amide bonds. The summed E-state index contributed by atoms with van der Waals surface area (Å²) in [4.78, 5) is 24.1. The fourth-order valence-corrected chi connectivity index (χ4v) is 4.78. The molecule has 36 heavy (non-hydrogen) atoms. The van der Waals surface area contributed by atoms with Crippen molar-refractivity contribution < 1.29 is 9.59 Å². The second kappa shape index (κ2) is 12.0. The van der Waals surface area contributed by atoms with Crippen LogP contribution in [0.3, 0.4) is 0 Å². The van der Waals surface area contributed by atoms with Gasteiger partial charge in [-0.1, -0.05) is 84.0 Å². The maximum atomic E-state index is 13.0. The van der Waals surface area contributed by atoms with E-state index in [1.807, 2.05) is 84.3 Å². The van der Waals surface area contributed by atoms with Gasteiger partial charge in [-0.3, -0.25) is 14.2 Å².